The first kappa shape index (κ1) is 29.1. The molecule has 0 aliphatic rings. The fourth-order valence-electron chi connectivity index (χ4n) is 3.08. The molecule has 0 fully saturated rings. The van der Waals surface area contributed by atoms with Crippen molar-refractivity contribution in [3.63, 3.8) is 0 Å². The number of benzene rings is 2. The van der Waals surface area contributed by atoms with Gasteiger partial charge in [0.05, 0.1) is 24.4 Å². The summed E-state index contributed by atoms with van der Waals surface area (Å²) in [5, 5.41) is 7.28. The minimum absolute atomic E-state index is 0.151. The van der Waals surface area contributed by atoms with Gasteiger partial charge in [0.15, 0.2) is 18.1 Å². The van der Waals surface area contributed by atoms with Crippen LogP contribution in [-0.2, 0) is 14.3 Å². The third-order valence-corrected chi connectivity index (χ3v) is 5.56. The molecule has 194 valence electrons. The second-order valence-corrected chi connectivity index (χ2v) is 9.32. The Morgan fingerprint density at radius 3 is 2.47 bits per heavy atom. The highest BCUT2D eigenvalue weighted by Crippen LogP contribution is 2.36. The van der Waals surface area contributed by atoms with Crippen LogP contribution in [0.3, 0.4) is 0 Å². The summed E-state index contributed by atoms with van der Waals surface area (Å²) in [7, 11) is 1.46. The number of carbonyl (C=O) groups excluding carboxylic acids is 3. The van der Waals surface area contributed by atoms with E-state index in [9.17, 15) is 14.4 Å². The van der Waals surface area contributed by atoms with Gasteiger partial charge in [0.1, 0.15) is 6.04 Å². The number of hydrazone groups is 1. The number of carbonyl (C=O) groups is 3. The summed E-state index contributed by atoms with van der Waals surface area (Å²) in [6.07, 6.45) is 1.85. The highest BCUT2D eigenvalue weighted by molar-refractivity contribution is 9.10. The predicted octanol–water partition coefficient (Wildman–Crippen LogP) is 4.35. The lowest BCUT2D eigenvalue weighted by molar-refractivity contribution is -0.145. The molecule has 2 aromatic rings. The maximum Gasteiger partial charge on any atom is 0.344 e. The number of hydrogen-bond donors (Lipinski definition) is 2. The summed E-state index contributed by atoms with van der Waals surface area (Å²) >= 11 is 9.27. The fourth-order valence-corrected chi connectivity index (χ4v) is 3.78. The first-order valence-electron chi connectivity index (χ1n) is 11.2. The van der Waals surface area contributed by atoms with Crippen LogP contribution in [0.25, 0.3) is 0 Å². The van der Waals surface area contributed by atoms with Gasteiger partial charge in [0.2, 0.25) is 0 Å². The van der Waals surface area contributed by atoms with Crippen molar-refractivity contribution in [1.29, 1.82) is 0 Å². The largest absolute Gasteiger partial charge is 0.493 e. The van der Waals surface area contributed by atoms with Crippen LogP contribution in [0.4, 0.5) is 0 Å². The van der Waals surface area contributed by atoms with Crippen molar-refractivity contribution >= 4 is 51.5 Å². The number of nitrogens with zero attached hydrogens (tertiary/aromatic N) is 1. The third-order valence-electron chi connectivity index (χ3n) is 4.72. The Balaban J connectivity index is 2.08. The first-order chi connectivity index (χ1) is 17.1. The summed E-state index contributed by atoms with van der Waals surface area (Å²) in [5.74, 6) is -0.509. The molecular formula is C25H29BrClN3O6. The first-order valence-corrected chi connectivity index (χ1v) is 12.4. The van der Waals surface area contributed by atoms with Gasteiger partial charge in [-0.15, -0.1) is 0 Å². The molecule has 1 unspecified atom stereocenters. The van der Waals surface area contributed by atoms with E-state index >= 15 is 0 Å². The van der Waals surface area contributed by atoms with Gasteiger partial charge in [-0.25, -0.2) is 10.2 Å². The summed E-state index contributed by atoms with van der Waals surface area (Å²) in [6, 6.07) is 8.93. The number of esters is 1. The second kappa shape index (κ2) is 14.4. The monoisotopic (exact) mass is 581 g/mol. The zero-order valence-electron chi connectivity index (χ0n) is 20.5. The van der Waals surface area contributed by atoms with Crippen LogP contribution < -0.4 is 20.2 Å². The van der Waals surface area contributed by atoms with E-state index in [4.69, 9.17) is 25.8 Å². The van der Waals surface area contributed by atoms with Crippen molar-refractivity contribution in [2.24, 2.45) is 11.0 Å². The lowest BCUT2D eigenvalue weighted by Crippen LogP contribution is -2.46. The van der Waals surface area contributed by atoms with Gasteiger partial charge in [-0.2, -0.15) is 5.10 Å². The number of halogens is 2. The summed E-state index contributed by atoms with van der Waals surface area (Å²) < 4.78 is 16.2. The Hall–Kier alpha value is -3.11. The summed E-state index contributed by atoms with van der Waals surface area (Å²) in [6.45, 7) is 5.59. The Morgan fingerprint density at radius 1 is 1.17 bits per heavy atom. The number of nitrogens with one attached hydrogen (secondary N) is 2. The molecule has 1 atom stereocenters. The van der Waals surface area contributed by atoms with E-state index in [-0.39, 0.29) is 25.0 Å². The average Bonchev–Trinajstić information content (AvgIpc) is 2.82. The normalized spacial score (nSPS) is 11.8. The smallest absolute Gasteiger partial charge is 0.344 e. The van der Waals surface area contributed by atoms with Crippen LogP contribution in [-0.4, -0.2) is 50.4 Å². The number of hydrogen-bond acceptors (Lipinski definition) is 7. The molecule has 0 radical (unpaired) electrons. The Bertz CT molecular complexity index is 1090. The van der Waals surface area contributed by atoms with Crippen LogP contribution in [0.2, 0.25) is 5.02 Å². The topological polar surface area (TPSA) is 115 Å². The minimum atomic E-state index is -0.787. The number of rotatable bonds is 12. The molecule has 0 aromatic heterocycles. The molecule has 0 aliphatic carbocycles. The molecule has 2 N–H and O–H groups in total. The quantitative estimate of drug-likeness (QED) is 0.218. The molecule has 2 rings (SSSR count). The summed E-state index contributed by atoms with van der Waals surface area (Å²) in [4.78, 5) is 37.0. The van der Waals surface area contributed by atoms with E-state index in [1.165, 1.54) is 13.3 Å². The molecule has 0 saturated carbocycles. The number of ether oxygens (including phenoxy) is 3. The van der Waals surface area contributed by atoms with E-state index < -0.39 is 17.9 Å². The van der Waals surface area contributed by atoms with Gasteiger partial charge < -0.3 is 19.5 Å². The second-order valence-electron chi connectivity index (χ2n) is 8.02. The van der Waals surface area contributed by atoms with Crippen molar-refractivity contribution in [1.82, 2.24) is 10.7 Å². The third kappa shape index (κ3) is 9.16. The van der Waals surface area contributed by atoms with Crippen LogP contribution >= 0.6 is 27.5 Å². The molecular weight excluding hydrogens is 554 g/mol. The molecule has 2 aromatic carbocycles. The van der Waals surface area contributed by atoms with Gasteiger partial charge >= 0.3 is 5.97 Å². The predicted molar refractivity (Wildman–Crippen MR) is 141 cm³/mol. The molecule has 0 spiro atoms. The lowest BCUT2D eigenvalue weighted by Gasteiger charge is -2.19. The van der Waals surface area contributed by atoms with Crippen molar-refractivity contribution in [2.75, 3.05) is 20.3 Å². The number of amides is 2. The Labute approximate surface area is 223 Å². The zero-order chi connectivity index (χ0) is 26.7. The van der Waals surface area contributed by atoms with Crippen molar-refractivity contribution in [2.45, 2.75) is 33.2 Å². The van der Waals surface area contributed by atoms with Gasteiger partial charge in [0, 0.05) is 10.6 Å². The van der Waals surface area contributed by atoms with Crippen LogP contribution in [0.15, 0.2) is 46.0 Å². The van der Waals surface area contributed by atoms with Crippen molar-refractivity contribution < 1.29 is 28.6 Å². The van der Waals surface area contributed by atoms with E-state index in [1.54, 1.807) is 43.3 Å². The van der Waals surface area contributed by atoms with Crippen LogP contribution in [0.5, 0.6) is 11.5 Å². The van der Waals surface area contributed by atoms with Gasteiger partial charge in [-0.1, -0.05) is 25.4 Å². The van der Waals surface area contributed by atoms with Crippen LogP contribution in [0, 0.1) is 5.92 Å². The highest BCUT2D eigenvalue weighted by Gasteiger charge is 2.22. The van der Waals surface area contributed by atoms with E-state index in [0.717, 1.165) is 0 Å². The lowest BCUT2D eigenvalue weighted by atomic mass is 10.0. The molecule has 0 heterocycles. The van der Waals surface area contributed by atoms with E-state index in [1.807, 2.05) is 13.8 Å². The standard InChI is InChI=1S/C25H29BrClN3O6/c1-5-35-22(31)14-36-23-19(26)11-16(12-21(23)34-4)13-28-30-25(33)20(10-15(2)3)29-24(32)17-6-8-18(27)9-7-17/h6-9,11-13,15,20H,5,10,14H2,1-4H3,(H,29,32)(H,30,33)/b28-13+. The van der Waals surface area contributed by atoms with Gasteiger partial charge in [-0.3, -0.25) is 9.59 Å². The van der Waals surface area contributed by atoms with Crippen molar-refractivity contribution in [3.8, 4) is 11.5 Å². The maximum atomic E-state index is 12.8. The minimum Gasteiger partial charge on any atom is -0.493 e. The van der Waals surface area contributed by atoms with Crippen LogP contribution in [0.1, 0.15) is 43.1 Å². The molecule has 0 bridgehead atoms. The maximum absolute atomic E-state index is 12.8. The molecule has 11 heteroatoms. The SMILES string of the molecule is CCOC(=O)COc1c(Br)cc(/C=N/NC(=O)C(CC(C)C)NC(=O)c2ccc(Cl)cc2)cc1OC. The highest BCUT2D eigenvalue weighted by atomic mass is 79.9. The molecule has 36 heavy (non-hydrogen) atoms. The van der Waals surface area contributed by atoms with E-state index in [0.29, 0.717) is 38.5 Å². The molecule has 0 aliphatic heterocycles. The zero-order valence-corrected chi connectivity index (χ0v) is 22.8. The molecule has 9 nitrogen and oxygen atoms in total. The molecule has 2 amide bonds. The number of methoxy groups -OCH3 is 1. The summed E-state index contributed by atoms with van der Waals surface area (Å²) in [5.41, 5.74) is 3.46. The average molecular weight is 583 g/mol. The van der Waals surface area contributed by atoms with Gasteiger partial charge in [0.25, 0.3) is 11.8 Å². The Kier molecular flexibility index (Phi) is 11.7. The van der Waals surface area contributed by atoms with E-state index in [2.05, 4.69) is 31.8 Å². The molecule has 0 saturated heterocycles. The van der Waals surface area contributed by atoms with Gasteiger partial charge in [-0.05, 0) is 77.2 Å². The Morgan fingerprint density at radius 2 is 1.86 bits per heavy atom. The van der Waals surface area contributed by atoms with Crippen molar-refractivity contribution in [3.05, 3.63) is 57.0 Å². The fraction of sp³-hybridized carbons (Fsp3) is 0.360.